The molecule has 1 aliphatic heterocycles. The van der Waals surface area contributed by atoms with E-state index in [1.807, 2.05) is 43.5 Å². The van der Waals surface area contributed by atoms with Gasteiger partial charge in [0.1, 0.15) is 11.4 Å². The van der Waals surface area contributed by atoms with Gasteiger partial charge in [-0.3, -0.25) is 14.6 Å². The van der Waals surface area contributed by atoms with Gasteiger partial charge in [-0.1, -0.05) is 12.1 Å². The van der Waals surface area contributed by atoms with E-state index in [-0.39, 0.29) is 17.8 Å². The Morgan fingerprint density at radius 3 is 2.69 bits per heavy atom. The average Bonchev–Trinajstić information content (AvgIpc) is 2.81. The van der Waals surface area contributed by atoms with Gasteiger partial charge in [0.2, 0.25) is 0 Å². The number of pyridine rings is 2. The van der Waals surface area contributed by atoms with Gasteiger partial charge in [-0.2, -0.15) is 0 Å². The Labute approximate surface area is 187 Å². The van der Waals surface area contributed by atoms with Crippen molar-refractivity contribution >= 4 is 11.5 Å². The van der Waals surface area contributed by atoms with Gasteiger partial charge in [-0.05, 0) is 41.8 Å². The van der Waals surface area contributed by atoms with Gasteiger partial charge in [0, 0.05) is 50.1 Å². The molecule has 32 heavy (non-hydrogen) atoms. The van der Waals surface area contributed by atoms with Crippen LogP contribution in [0, 0.1) is 6.92 Å². The van der Waals surface area contributed by atoms with E-state index >= 15 is 0 Å². The number of aromatic nitrogens is 2. The molecule has 166 valence electrons. The van der Waals surface area contributed by atoms with Crippen LogP contribution in [-0.2, 0) is 18.2 Å². The smallest absolute Gasteiger partial charge is 0.273 e. The summed E-state index contributed by atoms with van der Waals surface area (Å²) in [5.74, 6) is 0.625. The number of anilines is 1. The molecule has 0 bridgehead atoms. The zero-order valence-corrected chi connectivity index (χ0v) is 18.6. The lowest BCUT2D eigenvalue weighted by molar-refractivity contribution is 0.0993. The number of benzene rings is 1. The highest BCUT2D eigenvalue weighted by Gasteiger charge is 2.18. The number of rotatable bonds is 6. The maximum absolute atomic E-state index is 13.0. The molecule has 1 aromatic carbocycles. The number of aryl methyl sites for hydroxylation is 2. The van der Waals surface area contributed by atoms with Crippen molar-refractivity contribution in [3.05, 3.63) is 76.0 Å². The predicted octanol–water partition coefficient (Wildman–Crippen LogP) is 3.03. The number of carbonyl (C=O) groups is 1. The highest BCUT2D eigenvalue weighted by atomic mass is 16.5. The second kappa shape index (κ2) is 9.36. The van der Waals surface area contributed by atoms with Crippen LogP contribution in [0.15, 0.2) is 53.7 Å². The summed E-state index contributed by atoms with van der Waals surface area (Å²) >= 11 is 0. The maximum Gasteiger partial charge on any atom is 0.273 e. The second-order valence-electron chi connectivity index (χ2n) is 7.99. The molecule has 0 saturated carbocycles. The standard InChI is InChI=1S/C25H27N3O4/c1-17-4-5-19(24(29)11-18-10-21(31-3)15-26-14-18)12-22(17)20-13-23(25(30)27(2)16-20)28-6-8-32-9-7-28/h4-5,10,12-16H,6-9,11H2,1-3H3. The van der Waals surface area contributed by atoms with Gasteiger partial charge in [0.25, 0.3) is 5.56 Å². The Bertz CT molecular complexity index is 1200. The van der Waals surface area contributed by atoms with Crippen LogP contribution in [0.25, 0.3) is 11.1 Å². The number of ketones is 1. The first kappa shape index (κ1) is 21.8. The lowest BCUT2D eigenvalue weighted by atomic mass is 9.95. The third-order valence-electron chi connectivity index (χ3n) is 5.76. The van der Waals surface area contributed by atoms with E-state index in [0.717, 1.165) is 22.3 Å². The number of Topliss-reactive ketones (excluding diaryl/α,β-unsaturated/α-hetero) is 1. The van der Waals surface area contributed by atoms with Gasteiger partial charge >= 0.3 is 0 Å². The van der Waals surface area contributed by atoms with E-state index in [1.165, 1.54) is 0 Å². The molecule has 3 aromatic rings. The van der Waals surface area contributed by atoms with Crippen molar-refractivity contribution in [2.24, 2.45) is 7.05 Å². The first-order valence-corrected chi connectivity index (χ1v) is 10.6. The normalized spacial score (nSPS) is 13.8. The van der Waals surface area contributed by atoms with Crippen LogP contribution in [0.2, 0.25) is 0 Å². The summed E-state index contributed by atoms with van der Waals surface area (Å²) in [4.78, 5) is 32.0. The SMILES string of the molecule is COc1cncc(CC(=O)c2ccc(C)c(-c3cc(N4CCOCC4)c(=O)n(C)c3)c2)c1. The summed E-state index contributed by atoms with van der Waals surface area (Å²) in [5, 5.41) is 0. The lowest BCUT2D eigenvalue weighted by Crippen LogP contribution is -2.40. The summed E-state index contributed by atoms with van der Waals surface area (Å²) in [6.45, 7) is 4.59. The molecule has 0 unspecified atom stereocenters. The number of hydrogen-bond acceptors (Lipinski definition) is 6. The molecular formula is C25H27N3O4. The molecule has 1 saturated heterocycles. The Morgan fingerprint density at radius 1 is 1.16 bits per heavy atom. The average molecular weight is 434 g/mol. The zero-order chi connectivity index (χ0) is 22.7. The summed E-state index contributed by atoms with van der Waals surface area (Å²) in [5.41, 5.74) is 4.92. The molecule has 7 nitrogen and oxygen atoms in total. The van der Waals surface area contributed by atoms with Gasteiger partial charge < -0.3 is 18.9 Å². The van der Waals surface area contributed by atoms with Gasteiger partial charge in [0.15, 0.2) is 5.78 Å². The van der Waals surface area contributed by atoms with Crippen molar-refractivity contribution in [3.8, 4) is 16.9 Å². The number of methoxy groups -OCH3 is 1. The Balaban J connectivity index is 1.67. The topological polar surface area (TPSA) is 73.7 Å². The first-order valence-electron chi connectivity index (χ1n) is 10.6. The molecule has 0 N–H and O–H groups in total. The number of nitrogens with zero attached hydrogens (tertiary/aromatic N) is 3. The minimum atomic E-state index is -0.0361. The number of carbonyl (C=O) groups excluding carboxylic acids is 1. The van der Waals surface area contributed by atoms with Crippen molar-refractivity contribution in [3.63, 3.8) is 0 Å². The van der Waals surface area contributed by atoms with Crippen molar-refractivity contribution in [1.82, 2.24) is 9.55 Å². The highest BCUT2D eigenvalue weighted by Crippen LogP contribution is 2.27. The van der Waals surface area contributed by atoms with Crippen molar-refractivity contribution in [2.45, 2.75) is 13.3 Å². The van der Waals surface area contributed by atoms with Gasteiger partial charge in [0.05, 0.1) is 26.5 Å². The molecule has 0 atom stereocenters. The minimum Gasteiger partial charge on any atom is -0.495 e. The fourth-order valence-electron chi connectivity index (χ4n) is 3.94. The monoisotopic (exact) mass is 433 g/mol. The van der Waals surface area contributed by atoms with Crippen molar-refractivity contribution in [1.29, 1.82) is 0 Å². The summed E-state index contributed by atoms with van der Waals surface area (Å²) in [7, 11) is 3.34. The van der Waals surface area contributed by atoms with Crippen LogP contribution < -0.4 is 15.2 Å². The minimum absolute atomic E-state index is 0.000439. The molecule has 0 amide bonds. The van der Waals surface area contributed by atoms with E-state index in [4.69, 9.17) is 9.47 Å². The maximum atomic E-state index is 13.0. The zero-order valence-electron chi connectivity index (χ0n) is 18.6. The fraction of sp³-hybridized carbons (Fsp3) is 0.320. The van der Waals surface area contributed by atoms with E-state index < -0.39 is 0 Å². The van der Waals surface area contributed by atoms with E-state index in [0.29, 0.717) is 43.3 Å². The van der Waals surface area contributed by atoms with Crippen LogP contribution in [-0.4, -0.2) is 48.7 Å². The molecule has 2 aromatic heterocycles. The quantitative estimate of drug-likeness (QED) is 0.557. The van der Waals surface area contributed by atoms with E-state index in [9.17, 15) is 9.59 Å². The molecule has 7 heteroatoms. The number of morpholine rings is 1. The van der Waals surface area contributed by atoms with E-state index in [2.05, 4.69) is 9.88 Å². The van der Waals surface area contributed by atoms with Crippen LogP contribution in [0.1, 0.15) is 21.5 Å². The summed E-state index contributed by atoms with van der Waals surface area (Å²) in [6, 6.07) is 9.46. The van der Waals surface area contributed by atoms with Crippen molar-refractivity contribution < 1.29 is 14.3 Å². The molecule has 1 aliphatic rings. The Morgan fingerprint density at radius 2 is 1.94 bits per heavy atom. The number of ether oxygens (including phenoxy) is 2. The molecule has 0 radical (unpaired) electrons. The third-order valence-corrected chi connectivity index (χ3v) is 5.76. The Hall–Kier alpha value is -3.45. The molecule has 1 fully saturated rings. The van der Waals surface area contributed by atoms with Crippen LogP contribution in [0.3, 0.4) is 0 Å². The molecule has 0 aliphatic carbocycles. The Kier molecular flexibility index (Phi) is 6.37. The summed E-state index contributed by atoms with van der Waals surface area (Å²) in [6.07, 6.45) is 5.36. The van der Waals surface area contributed by atoms with Crippen LogP contribution in [0.4, 0.5) is 5.69 Å². The highest BCUT2D eigenvalue weighted by molar-refractivity contribution is 5.98. The van der Waals surface area contributed by atoms with Gasteiger partial charge in [-0.25, -0.2) is 0 Å². The van der Waals surface area contributed by atoms with Crippen LogP contribution >= 0.6 is 0 Å². The molecular weight excluding hydrogens is 406 g/mol. The molecule has 4 rings (SSSR count). The summed E-state index contributed by atoms with van der Waals surface area (Å²) < 4.78 is 12.2. The van der Waals surface area contributed by atoms with Gasteiger partial charge in [-0.15, -0.1) is 0 Å². The second-order valence-corrected chi connectivity index (χ2v) is 7.99. The third kappa shape index (κ3) is 4.57. The largest absolute Gasteiger partial charge is 0.495 e. The predicted molar refractivity (Wildman–Crippen MR) is 124 cm³/mol. The molecule has 3 heterocycles. The molecule has 0 spiro atoms. The van der Waals surface area contributed by atoms with Crippen LogP contribution in [0.5, 0.6) is 5.75 Å². The fourth-order valence-corrected chi connectivity index (χ4v) is 3.94. The van der Waals surface area contributed by atoms with E-state index in [1.54, 1.807) is 31.1 Å². The van der Waals surface area contributed by atoms with Crippen molar-refractivity contribution in [2.75, 3.05) is 38.3 Å². The lowest BCUT2D eigenvalue weighted by Gasteiger charge is -2.29. The number of hydrogen-bond donors (Lipinski definition) is 0. The first-order chi connectivity index (χ1) is 15.5.